The van der Waals surface area contributed by atoms with Gasteiger partial charge in [-0.05, 0) is 25.3 Å². The molecule has 0 aliphatic heterocycles. The molecule has 0 bridgehead atoms. The van der Waals surface area contributed by atoms with E-state index in [4.69, 9.17) is 5.11 Å². The number of carboxylic acids is 1. The number of carboxylic acid groups (broad SMARTS) is 1. The molecular formula is C11H18F3NO3. The molecule has 1 rings (SSSR count). The summed E-state index contributed by atoms with van der Waals surface area (Å²) in [6.07, 6.45) is -1.85. The minimum absolute atomic E-state index is 0.0238. The Labute approximate surface area is 103 Å². The molecule has 1 aliphatic carbocycles. The number of ether oxygens (including phenoxy) is 1. The first kappa shape index (κ1) is 15.2. The van der Waals surface area contributed by atoms with Gasteiger partial charge in [-0.1, -0.05) is 6.42 Å². The van der Waals surface area contributed by atoms with Gasteiger partial charge in [-0.15, -0.1) is 0 Å². The lowest BCUT2D eigenvalue weighted by Gasteiger charge is -2.16. The van der Waals surface area contributed by atoms with Crippen molar-refractivity contribution in [3.63, 3.8) is 0 Å². The van der Waals surface area contributed by atoms with Crippen LogP contribution in [-0.4, -0.2) is 43.6 Å². The summed E-state index contributed by atoms with van der Waals surface area (Å²) in [6.45, 7) is -0.439. The summed E-state index contributed by atoms with van der Waals surface area (Å²) < 4.78 is 39.7. The van der Waals surface area contributed by atoms with Crippen molar-refractivity contribution in [1.82, 2.24) is 5.32 Å². The summed E-state index contributed by atoms with van der Waals surface area (Å²) in [6, 6.07) is 0. The first-order valence-electron chi connectivity index (χ1n) is 5.98. The Hall–Kier alpha value is -0.820. The zero-order chi connectivity index (χ0) is 13.6. The first-order valence-corrected chi connectivity index (χ1v) is 5.98. The third-order valence-corrected chi connectivity index (χ3v) is 3.07. The van der Waals surface area contributed by atoms with Gasteiger partial charge in [0.25, 0.3) is 0 Å². The zero-order valence-corrected chi connectivity index (χ0v) is 10.0. The van der Waals surface area contributed by atoms with Gasteiger partial charge in [-0.2, -0.15) is 13.2 Å². The summed E-state index contributed by atoms with van der Waals surface area (Å²) in [5.41, 5.74) is 0. The van der Waals surface area contributed by atoms with E-state index in [1.807, 2.05) is 0 Å². The SMILES string of the molecule is O=C(O)C1CCCC1CNCCOCC(F)(F)F. The number of nitrogens with one attached hydrogen (secondary N) is 1. The third-order valence-electron chi connectivity index (χ3n) is 3.07. The second kappa shape index (κ2) is 6.94. The number of alkyl halides is 3. The van der Waals surface area contributed by atoms with Gasteiger partial charge < -0.3 is 15.2 Å². The molecule has 0 heterocycles. The maximum atomic E-state index is 11.7. The molecular weight excluding hydrogens is 251 g/mol. The normalized spacial score (nSPS) is 24.4. The number of hydrogen-bond acceptors (Lipinski definition) is 3. The lowest BCUT2D eigenvalue weighted by Crippen LogP contribution is -2.31. The zero-order valence-electron chi connectivity index (χ0n) is 10.0. The van der Waals surface area contributed by atoms with Crippen LogP contribution in [0.2, 0.25) is 0 Å². The van der Waals surface area contributed by atoms with E-state index in [1.54, 1.807) is 0 Å². The van der Waals surface area contributed by atoms with E-state index >= 15 is 0 Å². The fourth-order valence-electron chi connectivity index (χ4n) is 2.23. The van der Waals surface area contributed by atoms with Crippen LogP contribution in [0.4, 0.5) is 13.2 Å². The molecule has 0 radical (unpaired) electrons. The molecule has 2 N–H and O–H groups in total. The van der Waals surface area contributed by atoms with Crippen molar-refractivity contribution >= 4 is 5.97 Å². The van der Waals surface area contributed by atoms with Crippen LogP contribution >= 0.6 is 0 Å². The number of halogens is 3. The molecule has 2 unspecified atom stereocenters. The molecule has 0 saturated heterocycles. The van der Waals surface area contributed by atoms with Crippen molar-refractivity contribution in [3.05, 3.63) is 0 Å². The van der Waals surface area contributed by atoms with E-state index in [0.29, 0.717) is 19.5 Å². The van der Waals surface area contributed by atoms with Gasteiger partial charge in [0.15, 0.2) is 0 Å². The van der Waals surface area contributed by atoms with Crippen LogP contribution in [0.15, 0.2) is 0 Å². The minimum atomic E-state index is -4.29. The highest BCUT2D eigenvalue weighted by molar-refractivity contribution is 5.70. The second-order valence-electron chi connectivity index (χ2n) is 4.51. The standard InChI is InChI=1S/C11H18F3NO3/c12-11(13,14)7-18-5-4-15-6-8-2-1-3-9(8)10(16)17/h8-9,15H,1-7H2,(H,16,17). The Balaban J connectivity index is 2.06. The fraction of sp³-hybridized carbons (Fsp3) is 0.909. The molecule has 0 aromatic heterocycles. The van der Waals surface area contributed by atoms with Crippen LogP contribution < -0.4 is 5.32 Å². The smallest absolute Gasteiger partial charge is 0.411 e. The van der Waals surface area contributed by atoms with Crippen molar-refractivity contribution in [2.75, 3.05) is 26.3 Å². The van der Waals surface area contributed by atoms with E-state index in [0.717, 1.165) is 12.8 Å². The maximum Gasteiger partial charge on any atom is 0.411 e. The van der Waals surface area contributed by atoms with E-state index in [2.05, 4.69) is 10.1 Å². The van der Waals surface area contributed by atoms with Crippen molar-refractivity contribution in [2.45, 2.75) is 25.4 Å². The minimum Gasteiger partial charge on any atom is -0.481 e. The van der Waals surface area contributed by atoms with Crippen molar-refractivity contribution in [1.29, 1.82) is 0 Å². The Morgan fingerprint density at radius 2 is 2.11 bits per heavy atom. The average molecular weight is 269 g/mol. The summed E-state index contributed by atoms with van der Waals surface area (Å²) in [4.78, 5) is 10.9. The van der Waals surface area contributed by atoms with Gasteiger partial charge >= 0.3 is 12.1 Å². The highest BCUT2D eigenvalue weighted by Gasteiger charge is 2.32. The maximum absolute atomic E-state index is 11.7. The molecule has 2 atom stereocenters. The molecule has 106 valence electrons. The van der Waals surface area contributed by atoms with Crippen molar-refractivity contribution < 1.29 is 27.8 Å². The molecule has 0 spiro atoms. The molecule has 1 saturated carbocycles. The fourth-order valence-corrected chi connectivity index (χ4v) is 2.23. The van der Waals surface area contributed by atoms with Gasteiger partial charge in [0.2, 0.25) is 0 Å². The predicted molar refractivity (Wildman–Crippen MR) is 58.2 cm³/mol. The second-order valence-corrected chi connectivity index (χ2v) is 4.51. The van der Waals surface area contributed by atoms with Crippen molar-refractivity contribution in [3.8, 4) is 0 Å². The van der Waals surface area contributed by atoms with Crippen LogP contribution in [0.5, 0.6) is 0 Å². The topological polar surface area (TPSA) is 58.6 Å². The summed E-state index contributed by atoms with van der Waals surface area (Å²) >= 11 is 0. The van der Waals surface area contributed by atoms with Gasteiger partial charge in [-0.3, -0.25) is 4.79 Å². The quantitative estimate of drug-likeness (QED) is 0.690. The monoisotopic (exact) mass is 269 g/mol. The van der Waals surface area contributed by atoms with Gasteiger partial charge in [0.1, 0.15) is 6.61 Å². The molecule has 0 aromatic rings. The molecule has 7 heteroatoms. The lowest BCUT2D eigenvalue weighted by atomic mass is 9.96. The highest BCUT2D eigenvalue weighted by Crippen LogP contribution is 2.31. The highest BCUT2D eigenvalue weighted by atomic mass is 19.4. The van der Waals surface area contributed by atoms with E-state index in [9.17, 15) is 18.0 Å². The molecule has 4 nitrogen and oxygen atoms in total. The Kier molecular flexibility index (Phi) is 5.87. The van der Waals surface area contributed by atoms with Crippen LogP contribution in [0, 0.1) is 11.8 Å². The molecule has 18 heavy (non-hydrogen) atoms. The van der Waals surface area contributed by atoms with E-state index < -0.39 is 18.8 Å². The van der Waals surface area contributed by atoms with Crippen molar-refractivity contribution in [2.24, 2.45) is 11.8 Å². The largest absolute Gasteiger partial charge is 0.481 e. The third kappa shape index (κ3) is 5.68. The van der Waals surface area contributed by atoms with E-state index in [1.165, 1.54) is 0 Å². The average Bonchev–Trinajstić information content (AvgIpc) is 2.69. The summed E-state index contributed by atoms with van der Waals surface area (Å²) in [7, 11) is 0. The number of hydrogen-bond donors (Lipinski definition) is 2. The van der Waals surface area contributed by atoms with Gasteiger partial charge in [0.05, 0.1) is 12.5 Å². The summed E-state index contributed by atoms with van der Waals surface area (Å²) in [5, 5.41) is 11.9. The Morgan fingerprint density at radius 3 is 2.72 bits per heavy atom. The van der Waals surface area contributed by atoms with Crippen LogP contribution in [0.25, 0.3) is 0 Å². The summed E-state index contributed by atoms with van der Waals surface area (Å²) in [5.74, 6) is -1.04. The first-order chi connectivity index (χ1) is 8.40. The Morgan fingerprint density at radius 1 is 1.39 bits per heavy atom. The van der Waals surface area contributed by atoms with Crippen LogP contribution in [0.1, 0.15) is 19.3 Å². The molecule has 0 amide bonds. The van der Waals surface area contributed by atoms with Gasteiger partial charge in [0, 0.05) is 6.54 Å². The Bertz CT molecular complexity index is 271. The molecule has 1 fully saturated rings. The van der Waals surface area contributed by atoms with Crippen LogP contribution in [-0.2, 0) is 9.53 Å². The molecule has 1 aliphatic rings. The van der Waals surface area contributed by atoms with Crippen LogP contribution in [0.3, 0.4) is 0 Å². The lowest BCUT2D eigenvalue weighted by molar-refractivity contribution is -0.173. The van der Waals surface area contributed by atoms with E-state index in [-0.39, 0.29) is 18.4 Å². The number of carbonyl (C=O) groups is 1. The predicted octanol–water partition coefficient (Wildman–Crippen LogP) is 1.66. The number of rotatable bonds is 7. The number of aliphatic carboxylic acids is 1. The molecule has 0 aromatic carbocycles. The van der Waals surface area contributed by atoms with Gasteiger partial charge in [-0.25, -0.2) is 0 Å².